The summed E-state index contributed by atoms with van der Waals surface area (Å²) in [4.78, 5) is 25.9. The summed E-state index contributed by atoms with van der Waals surface area (Å²) in [5, 5.41) is 2.85. The molecule has 6 heteroatoms. The van der Waals surface area contributed by atoms with Gasteiger partial charge >= 0.3 is 12.0 Å². The van der Waals surface area contributed by atoms with E-state index in [0.29, 0.717) is 30.9 Å². The zero-order valence-corrected chi connectivity index (χ0v) is 14.6. The number of unbranched alkanes of at least 4 members (excludes halogenated alkanes) is 1. The number of carbonyl (C=O) groups is 2. The molecular formula is C18H26N2O4. The monoisotopic (exact) mass is 334 g/mol. The predicted octanol–water partition coefficient (Wildman–Crippen LogP) is 3.28. The second-order valence-corrected chi connectivity index (χ2v) is 6.16. The Balaban J connectivity index is 1.89. The Morgan fingerprint density at radius 2 is 1.83 bits per heavy atom. The van der Waals surface area contributed by atoms with E-state index in [4.69, 9.17) is 9.47 Å². The number of benzene rings is 1. The first-order chi connectivity index (χ1) is 11.5. The topological polar surface area (TPSA) is 67.9 Å². The van der Waals surface area contributed by atoms with Crippen LogP contribution in [0, 0.1) is 0 Å². The van der Waals surface area contributed by atoms with E-state index in [9.17, 15) is 9.59 Å². The van der Waals surface area contributed by atoms with Gasteiger partial charge in [0.05, 0.1) is 24.4 Å². The molecular weight excluding hydrogens is 308 g/mol. The quantitative estimate of drug-likeness (QED) is 0.663. The van der Waals surface area contributed by atoms with Gasteiger partial charge in [-0.3, -0.25) is 0 Å². The van der Waals surface area contributed by atoms with Gasteiger partial charge in [-0.2, -0.15) is 0 Å². The molecule has 132 valence electrons. The first-order valence-electron chi connectivity index (χ1n) is 8.48. The van der Waals surface area contributed by atoms with E-state index in [1.165, 1.54) is 0 Å². The van der Waals surface area contributed by atoms with Gasteiger partial charge < -0.3 is 19.7 Å². The third-order valence-corrected chi connectivity index (χ3v) is 3.81. The number of hydrogen-bond acceptors (Lipinski definition) is 4. The molecule has 1 N–H and O–H groups in total. The van der Waals surface area contributed by atoms with Gasteiger partial charge in [0.15, 0.2) is 0 Å². The Morgan fingerprint density at radius 1 is 1.21 bits per heavy atom. The highest BCUT2D eigenvalue weighted by molar-refractivity contribution is 5.92. The number of urea groups is 1. The number of nitrogens with zero attached hydrogens (tertiary/aromatic N) is 1. The minimum absolute atomic E-state index is 0.0276. The van der Waals surface area contributed by atoms with Crippen molar-refractivity contribution in [3.05, 3.63) is 29.8 Å². The van der Waals surface area contributed by atoms with Crippen LogP contribution in [0.3, 0.4) is 0 Å². The van der Waals surface area contributed by atoms with Crippen molar-refractivity contribution < 1.29 is 19.1 Å². The fourth-order valence-electron chi connectivity index (χ4n) is 2.63. The molecule has 0 unspecified atom stereocenters. The molecule has 1 aliphatic rings. The third-order valence-electron chi connectivity index (χ3n) is 3.81. The van der Waals surface area contributed by atoms with Gasteiger partial charge in [-0.05, 0) is 44.5 Å². The molecule has 0 aliphatic carbocycles. The normalized spacial score (nSPS) is 20.5. The van der Waals surface area contributed by atoms with E-state index in [2.05, 4.69) is 5.32 Å². The van der Waals surface area contributed by atoms with Gasteiger partial charge in [0.2, 0.25) is 0 Å². The molecule has 2 rings (SSSR count). The number of hydrogen-bond donors (Lipinski definition) is 1. The minimum atomic E-state index is -0.336. The van der Waals surface area contributed by atoms with E-state index in [1.54, 1.807) is 29.2 Å². The van der Waals surface area contributed by atoms with Gasteiger partial charge in [-0.25, -0.2) is 9.59 Å². The number of anilines is 1. The fraction of sp³-hybridized carbons (Fsp3) is 0.556. The van der Waals surface area contributed by atoms with Gasteiger partial charge in [0, 0.05) is 18.8 Å². The molecule has 1 aromatic carbocycles. The van der Waals surface area contributed by atoms with Crippen LogP contribution in [0.5, 0.6) is 0 Å². The fourth-order valence-corrected chi connectivity index (χ4v) is 2.63. The number of nitrogens with one attached hydrogen (secondary N) is 1. The Labute approximate surface area is 143 Å². The van der Waals surface area contributed by atoms with Gasteiger partial charge in [0.25, 0.3) is 0 Å². The lowest BCUT2D eigenvalue weighted by atomic mass is 10.2. The van der Waals surface area contributed by atoms with Gasteiger partial charge in [0.1, 0.15) is 0 Å². The SMILES string of the molecule is CCCCOC(=O)c1ccc(NC(=O)N2C[C@@H](C)O[C@H](C)C2)cc1. The van der Waals surface area contributed by atoms with Crippen LogP contribution < -0.4 is 5.32 Å². The van der Waals surface area contributed by atoms with Crippen molar-refractivity contribution in [1.29, 1.82) is 0 Å². The van der Waals surface area contributed by atoms with Crippen LogP contribution in [0.2, 0.25) is 0 Å². The summed E-state index contributed by atoms with van der Waals surface area (Å²) >= 11 is 0. The molecule has 6 nitrogen and oxygen atoms in total. The summed E-state index contributed by atoms with van der Waals surface area (Å²) in [6, 6.07) is 6.59. The number of carbonyl (C=O) groups excluding carboxylic acids is 2. The molecule has 0 radical (unpaired) electrons. The van der Waals surface area contributed by atoms with E-state index >= 15 is 0 Å². The average molecular weight is 334 g/mol. The van der Waals surface area contributed by atoms with Crippen molar-refractivity contribution in [2.75, 3.05) is 25.0 Å². The van der Waals surface area contributed by atoms with Crippen LogP contribution in [0.4, 0.5) is 10.5 Å². The number of esters is 1. The molecule has 0 spiro atoms. The van der Waals surface area contributed by atoms with E-state index in [0.717, 1.165) is 12.8 Å². The van der Waals surface area contributed by atoms with Crippen molar-refractivity contribution in [3.8, 4) is 0 Å². The summed E-state index contributed by atoms with van der Waals surface area (Å²) in [6.45, 7) is 7.52. The van der Waals surface area contributed by atoms with E-state index in [1.807, 2.05) is 20.8 Å². The van der Waals surface area contributed by atoms with Crippen LogP contribution >= 0.6 is 0 Å². The summed E-state index contributed by atoms with van der Waals surface area (Å²) in [7, 11) is 0. The van der Waals surface area contributed by atoms with Gasteiger partial charge in [-0.1, -0.05) is 13.3 Å². The molecule has 0 saturated carbocycles. The van der Waals surface area contributed by atoms with Crippen LogP contribution in [0.1, 0.15) is 44.0 Å². The first-order valence-corrected chi connectivity index (χ1v) is 8.48. The molecule has 1 aromatic rings. The van der Waals surface area contributed by atoms with Crippen molar-refractivity contribution >= 4 is 17.7 Å². The zero-order chi connectivity index (χ0) is 17.5. The predicted molar refractivity (Wildman–Crippen MR) is 92.2 cm³/mol. The summed E-state index contributed by atoms with van der Waals surface area (Å²) in [6.07, 6.45) is 1.90. The van der Waals surface area contributed by atoms with Crippen molar-refractivity contribution in [2.45, 2.75) is 45.8 Å². The zero-order valence-electron chi connectivity index (χ0n) is 14.6. The molecule has 1 heterocycles. The molecule has 1 aliphatic heterocycles. The average Bonchev–Trinajstić information content (AvgIpc) is 2.54. The van der Waals surface area contributed by atoms with Crippen LogP contribution in [-0.2, 0) is 9.47 Å². The molecule has 0 aromatic heterocycles. The molecule has 24 heavy (non-hydrogen) atoms. The Kier molecular flexibility index (Phi) is 6.61. The highest BCUT2D eigenvalue weighted by atomic mass is 16.5. The van der Waals surface area contributed by atoms with Crippen molar-refractivity contribution in [1.82, 2.24) is 4.90 Å². The molecule has 0 bridgehead atoms. The Bertz CT molecular complexity index is 549. The van der Waals surface area contributed by atoms with Crippen molar-refractivity contribution in [2.24, 2.45) is 0 Å². The van der Waals surface area contributed by atoms with Crippen LogP contribution in [-0.4, -0.2) is 48.8 Å². The maximum atomic E-state index is 12.3. The second-order valence-electron chi connectivity index (χ2n) is 6.16. The Morgan fingerprint density at radius 3 is 2.42 bits per heavy atom. The lowest BCUT2D eigenvalue weighted by molar-refractivity contribution is -0.0530. The maximum absolute atomic E-state index is 12.3. The first kappa shape index (κ1) is 18.3. The molecule has 2 amide bonds. The number of ether oxygens (including phenoxy) is 2. The standard InChI is InChI=1S/C18H26N2O4/c1-4-5-10-23-17(21)15-6-8-16(9-7-15)19-18(22)20-11-13(2)24-14(3)12-20/h6-9,13-14H,4-5,10-12H2,1-3H3,(H,19,22)/t13-,14-/m1/s1. The summed E-state index contributed by atoms with van der Waals surface area (Å²) in [5.41, 5.74) is 1.13. The number of amides is 2. The molecule has 2 atom stereocenters. The lowest BCUT2D eigenvalue weighted by Gasteiger charge is -2.35. The third kappa shape index (κ3) is 5.23. The summed E-state index contributed by atoms with van der Waals surface area (Å²) in [5.74, 6) is -0.336. The summed E-state index contributed by atoms with van der Waals surface area (Å²) < 4.78 is 10.8. The number of morpholine rings is 1. The van der Waals surface area contributed by atoms with E-state index < -0.39 is 0 Å². The highest BCUT2D eigenvalue weighted by Gasteiger charge is 2.25. The van der Waals surface area contributed by atoms with Crippen molar-refractivity contribution in [3.63, 3.8) is 0 Å². The largest absolute Gasteiger partial charge is 0.462 e. The van der Waals surface area contributed by atoms with Crippen LogP contribution in [0.15, 0.2) is 24.3 Å². The van der Waals surface area contributed by atoms with Gasteiger partial charge in [-0.15, -0.1) is 0 Å². The maximum Gasteiger partial charge on any atom is 0.338 e. The van der Waals surface area contributed by atoms with Crippen LogP contribution in [0.25, 0.3) is 0 Å². The minimum Gasteiger partial charge on any atom is -0.462 e. The molecule has 1 fully saturated rings. The highest BCUT2D eigenvalue weighted by Crippen LogP contribution is 2.15. The molecule has 1 saturated heterocycles. The van der Waals surface area contributed by atoms with E-state index in [-0.39, 0.29) is 24.2 Å². The lowest BCUT2D eigenvalue weighted by Crippen LogP contribution is -2.49. The number of rotatable bonds is 5. The Hall–Kier alpha value is -2.08. The second kappa shape index (κ2) is 8.68. The smallest absolute Gasteiger partial charge is 0.338 e.